The van der Waals surface area contributed by atoms with Crippen LogP contribution in [-0.2, 0) is 19.4 Å². The van der Waals surface area contributed by atoms with Crippen LogP contribution in [0.15, 0.2) is 0 Å². The maximum absolute atomic E-state index is 11.9. The van der Waals surface area contributed by atoms with E-state index in [1.807, 2.05) is 13.8 Å². The van der Waals surface area contributed by atoms with E-state index in [9.17, 15) is 18.0 Å². The second kappa shape index (κ2) is 6.36. The van der Waals surface area contributed by atoms with Crippen molar-refractivity contribution in [1.29, 1.82) is 0 Å². The Hall–Kier alpha value is -1.11. The van der Waals surface area contributed by atoms with Gasteiger partial charge in [0.15, 0.2) is 9.84 Å². The molecular formula is C12H22N2O4S. The predicted octanol–water partition coefficient (Wildman–Crippen LogP) is -0.206. The molecular weight excluding hydrogens is 268 g/mol. The lowest BCUT2D eigenvalue weighted by Crippen LogP contribution is -2.59. The third-order valence-corrected chi connectivity index (χ3v) is 4.87. The average molecular weight is 290 g/mol. The molecule has 1 unspecified atom stereocenters. The normalized spacial score (nSPS) is 20.8. The SMILES string of the molecule is CCS(=O)(=O)CCN1C(=O)CNC(=O)C1CC(C)C. The van der Waals surface area contributed by atoms with Gasteiger partial charge in [0.2, 0.25) is 11.8 Å². The first-order valence-corrected chi connectivity index (χ1v) is 8.36. The monoisotopic (exact) mass is 290 g/mol. The van der Waals surface area contributed by atoms with Crippen molar-refractivity contribution in [3.05, 3.63) is 0 Å². The van der Waals surface area contributed by atoms with Gasteiger partial charge in [0.25, 0.3) is 0 Å². The van der Waals surface area contributed by atoms with Gasteiger partial charge >= 0.3 is 0 Å². The van der Waals surface area contributed by atoms with Gasteiger partial charge < -0.3 is 10.2 Å². The zero-order chi connectivity index (χ0) is 14.6. The highest BCUT2D eigenvalue weighted by Gasteiger charge is 2.34. The number of hydrogen-bond donors (Lipinski definition) is 1. The third kappa shape index (κ3) is 4.49. The minimum Gasteiger partial charge on any atom is -0.345 e. The summed E-state index contributed by atoms with van der Waals surface area (Å²) < 4.78 is 23.0. The zero-order valence-electron chi connectivity index (χ0n) is 11.7. The molecule has 1 aliphatic heterocycles. The Morgan fingerprint density at radius 1 is 1.37 bits per heavy atom. The van der Waals surface area contributed by atoms with E-state index in [2.05, 4.69) is 5.32 Å². The molecule has 110 valence electrons. The van der Waals surface area contributed by atoms with Crippen LogP contribution in [0.3, 0.4) is 0 Å². The second-order valence-corrected chi connectivity index (χ2v) is 7.66. The molecule has 7 heteroatoms. The molecule has 6 nitrogen and oxygen atoms in total. The van der Waals surface area contributed by atoms with Crippen LogP contribution in [-0.4, -0.2) is 55.8 Å². The van der Waals surface area contributed by atoms with Gasteiger partial charge in [-0.2, -0.15) is 0 Å². The molecule has 1 N–H and O–H groups in total. The molecule has 0 saturated carbocycles. The molecule has 19 heavy (non-hydrogen) atoms. The van der Waals surface area contributed by atoms with Crippen molar-refractivity contribution in [2.45, 2.75) is 33.2 Å². The Bertz CT molecular complexity index is 445. The first-order valence-electron chi connectivity index (χ1n) is 6.54. The molecule has 1 heterocycles. The van der Waals surface area contributed by atoms with Crippen molar-refractivity contribution in [2.75, 3.05) is 24.6 Å². The van der Waals surface area contributed by atoms with Gasteiger partial charge in [-0.1, -0.05) is 20.8 Å². The Labute approximate surface area is 114 Å². The van der Waals surface area contributed by atoms with E-state index in [1.165, 1.54) is 4.90 Å². The number of carbonyl (C=O) groups excluding carboxylic acids is 2. The number of amides is 2. The number of sulfone groups is 1. The van der Waals surface area contributed by atoms with Crippen LogP contribution < -0.4 is 5.32 Å². The van der Waals surface area contributed by atoms with Crippen LogP contribution in [0.2, 0.25) is 0 Å². The van der Waals surface area contributed by atoms with Gasteiger partial charge in [0, 0.05) is 12.3 Å². The minimum atomic E-state index is -3.14. The lowest BCUT2D eigenvalue weighted by Gasteiger charge is -2.35. The van der Waals surface area contributed by atoms with Crippen LogP contribution >= 0.6 is 0 Å². The van der Waals surface area contributed by atoms with E-state index < -0.39 is 15.9 Å². The fourth-order valence-corrected chi connectivity index (χ4v) is 2.80. The van der Waals surface area contributed by atoms with Crippen molar-refractivity contribution in [3.8, 4) is 0 Å². The van der Waals surface area contributed by atoms with Crippen LogP contribution in [0.25, 0.3) is 0 Å². The van der Waals surface area contributed by atoms with Crippen LogP contribution in [0.1, 0.15) is 27.2 Å². The quantitative estimate of drug-likeness (QED) is 0.734. The summed E-state index contributed by atoms with van der Waals surface area (Å²) in [4.78, 5) is 25.1. The minimum absolute atomic E-state index is 0.0421. The van der Waals surface area contributed by atoms with E-state index in [0.717, 1.165) is 0 Å². The van der Waals surface area contributed by atoms with Gasteiger partial charge in [-0.15, -0.1) is 0 Å². The summed E-state index contributed by atoms with van der Waals surface area (Å²) in [5.74, 6) is -0.182. The average Bonchev–Trinajstić information content (AvgIpc) is 2.32. The number of carbonyl (C=O) groups is 2. The smallest absolute Gasteiger partial charge is 0.243 e. The Morgan fingerprint density at radius 3 is 2.53 bits per heavy atom. The Morgan fingerprint density at radius 2 is 2.00 bits per heavy atom. The van der Waals surface area contributed by atoms with E-state index in [-0.39, 0.29) is 42.3 Å². The lowest BCUT2D eigenvalue weighted by molar-refractivity contribution is -0.145. The third-order valence-electron chi connectivity index (χ3n) is 3.19. The van der Waals surface area contributed by atoms with Crippen LogP contribution in [0.5, 0.6) is 0 Å². The molecule has 1 fully saturated rings. The fourth-order valence-electron chi connectivity index (χ4n) is 2.04. The molecule has 0 aliphatic carbocycles. The molecule has 0 aromatic heterocycles. The van der Waals surface area contributed by atoms with Gasteiger partial charge in [-0.3, -0.25) is 9.59 Å². The Balaban J connectivity index is 2.78. The van der Waals surface area contributed by atoms with Gasteiger partial charge in [0.05, 0.1) is 12.3 Å². The van der Waals surface area contributed by atoms with Crippen molar-refractivity contribution < 1.29 is 18.0 Å². The number of rotatable bonds is 6. The zero-order valence-corrected chi connectivity index (χ0v) is 12.5. The van der Waals surface area contributed by atoms with Crippen LogP contribution in [0.4, 0.5) is 0 Å². The van der Waals surface area contributed by atoms with E-state index >= 15 is 0 Å². The molecule has 1 aliphatic rings. The summed E-state index contributed by atoms with van der Waals surface area (Å²) in [6.45, 7) is 5.56. The molecule has 0 spiro atoms. The Kier molecular flexibility index (Phi) is 5.34. The topological polar surface area (TPSA) is 83.6 Å². The summed E-state index contributed by atoms with van der Waals surface area (Å²) in [7, 11) is -3.14. The first kappa shape index (κ1) is 15.9. The first-order chi connectivity index (χ1) is 8.76. The molecule has 1 saturated heterocycles. The summed E-state index contributed by atoms with van der Waals surface area (Å²) in [6.07, 6.45) is 0.545. The van der Waals surface area contributed by atoms with Crippen LogP contribution in [0, 0.1) is 5.92 Å². The fraction of sp³-hybridized carbons (Fsp3) is 0.833. The van der Waals surface area contributed by atoms with Crippen molar-refractivity contribution in [3.63, 3.8) is 0 Å². The molecule has 0 bridgehead atoms. The summed E-state index contributed by atoms with van der Waals surface area (Å²) in [5, 5.41) is 2.55. The highest BCUT2D eigenvalue weighted by molar-refractivity contribution is 7.91. The van der Waals surface area contributed by atoms with Crippen molar-refractivity contribution in [2.24, 2.45) is 5.92 Å². The molecule has 0 aromatic rings. The molecule has 1 atom stereocenters. The molecule has 2 amide bonds. The standard InChI is InChI=1S/C12H22N2O4S/c1-4-19(17,18)6-5-14-10(7-9(2)3)12(16)13-8-11(14)15/h9-10H,4-8H2,1-3H3,(H,13,16). The summed E-state index contributed by atoms with van der Waals surface area (Å²) >= 11 is 0. The second-order valence-electron chi connectivity index (χ2n) is 5.19. The molecule has 1 rings (SSSR count). The summed E-state index contributed by atoms with van der Waals surface area (Å²) in [6, 6.07) is -0.548. The number of nitrogens with zero attached hydrogens (tertiary/aromatic N) is 1. The van der Waals surface area contributed by atoms with E-state index in [1.54, 1.807) is 6.92 Å². The van der Waals surface area contributed by atoms with E-state index in [0.29, 0.717) is 6.42 Å². The van der Waals surface area contributed by atoms with Crippen molar-refractivity contribution in [1.82, 2.24) is 10.2 Å². The number of nitrogens with one attached hydrogen (secondary N) is 1. The highest BCUT2D eigenvalue weighted by Crippen LogP contribution is 2.15. The summed E-state index contributed by atoms with van der Waals surface area (Å²) in [5.41, 5.74) is 0. The van der Waals surface area contributed by atoms with Gasteiger partial charge in [-0.05, 0) is 12.3 Å². The number of piperazine rings is 1. The molecule has 0 aromatic carbocycles. The molecule has 0 radical (unpaired) electrons. The largest absolute Gasteiger partial charge is 0.345 e. The maximum atomic E-state index is 11.9. The van der Waals surface area contributed by atoms with E-state index in [4.69, 9.17) is 0 Å². The number of hydrogen-bond acceptors (Lipinski definition) is 4. The van der Waals surface area contributed by atoms with Crippen molar-refractivity contribution >= 4 is 21.7 Å². The lowest BCUT2D eigenvalue weighted by atomic mass is 10.00. The van der Waals surface area contributed by atoms with Gasteiger partial charge in [-0.25, -0.2) is 8.42 Å². The highest BCUT2D eigenvalue weighted by atomic mass is 32.2. The predicted molar refractivity (Wildman–Crippen MR) is 72.3 cm³/mol. The van der Waals surface area contributed by atoms with Gasteiger partial charge in [0.1, 0.15) is 6.04 Å². The maximum Gasteiger partial charge on any atom is 0.243 e.